The number of para-hydroxylation sites is 2. The van der Waals surface area contributed by atoms with Crippen LogP contribution in [0, 0.1) is 0 Å². The highest BCUT2D eigenvalue weighted by atomic mass is 32.2. The number of carbonyl (C=O) groups excluding carboxylic acids is 1. The zero-order valence-corrected chi connectivity index (χ0v) is 19.1. The van der Waals surface area contributed by atoms with E-state index in [9.17, 15) is 13.2 Å². The van der Waals surface area contributed by atoms with Gasteiger partial charge in [-0.25, -0.2) is 8.42 Å². The first kappa shape index (κ1) is 22.5. The SMILES string of the molecule is CC(C)(C)SCCNC(=O)[C@@H]1CN(S(=O)(=O)Cc2ccccc2)c2ccccc2O1. The van der Waals surface area contributed by atoms with Gasteiger partial charge in [0.15, 0.2) is 6.10 Å². The summed E-state index contributed by atoms with van der Waals surface area (Å²) >= 11 is 1.75. The first-order valence-corrected chi connectivity index (χ1v) is 12.5. The smallest absolute Gasteiger partial charge is 0.263 e. The van der Waals surface area contributed by atoms with Crippen molar-refractivity contribution in [3.63, 3.8) is 0 Å². The summed E-state index contributed by atoms with van der Waals surface area (Å²) in [6.45, 7) is 6.81. The largest absolute Gasteiger partial charge is 0.476 e. The predicted octanol–water partition coefficient (Wildman–Crippen LogP) is 3.43. The summed E-state index contributed by atoms with van der Waals surface area (Å²) in [5.41, 5.74) is 1.16. The number of benzene rings is 2. The minimum Gasteiger partial charge on any atom is -0.476 e. The molecule has 0 aromatic heterocycles. The zero-order chi connectivity index (χ0) is 21.8. The van der Waals surface area contributed by atoms with Crippen molar-refractivity contribution >= 4 is 33.4 Å². The van der Waals surface area contributed by atoms with Gasteiger partial charge in [0.25, 0.3) is 5.91 Å². The second-order valence-electron chi connectivity index (χ2n) is 8.10. The Morgan fingerprint density at radius 2 is 1.80 bits per heavy atom. The second-order valence-corrected chi connectivity index (χ2v) is 11.9. The van der Waals surface area contributed by atoms with Gasteiger partial charge >= 0.3 is 0 Å². The molecule has 0 unspecified atom stereocenters. The summed E-state index contributed by atoms with van der Waals surface area (Å²) in [5.74, 6) is 0.719. The highest BCUT2D eigenvalue weighted by molar-refractivity contribution is 8.00. The van der Waals surface area contributed by atoms with Crippen molar-refractivity contribution in [1.29, 1.82) is 0 Å². The van der Waals surface area contributed by atoms with Crippen LogP contribution in [-0.4, -0.2) is 44.0 Å². The topological polar surface area (TPSA) is 75.7 Å². The van der Waals surface area contributed by atoms with Gasteiger partial charge in [-0.3, -0.25) is 9.10 Å². The number of nitrogens with one attached hydrogen (secondary N) is 1. The number of carbonyl (C=O) groups is 1. The number of fused-ring (bicyclic) bond motifs is 1. The average molecular weight is 449 g/mol. The van der Waals surface area contributed by atoms with Gasteiger partial charge in [0, 0.05) is 17.0 Å². The third-order valence-electron chi connectivity index (χ3n) is 4.49. The van der Waals surface area contributed by atoms with Gasteiger partial charge in [-0.1, -0.05) is 63.2 Å². The number of sulfonamides is 1. The van der Waals surface area contributed by atoms with E-state index < -0.39 is 16.1 Å². The highest BCUT2D eigenvalue weighted by Gasteiger charge is 2.36. The Hall–Kier alpha value is -2.19. The van der Waals surface area contributed by atoms with Gasteiger partial charge in [-0.15, -0.1) is 0 Å². The maximum Gasteiger partial charge on any atom is 0.263 e. The van der Waals surface area contributed by atoms with Gasteiger partial charge in [-0.05, 0) is 17.7 Å². The number of hydrogen-bond acceptors (Lipinski definition) is 5. The summed E-state index contributed by atoms with van der Waals surface area (Å²) in [5, 5.41) is 2.87. The second kappa shape index (κ2) is 9.31. The summed E-state index contributed by atoms with van der Waals surface area (Å²) in [6.07, 6.45) is -0.898. The number of rotatable bonds is 7. The number of ether oxygens (including phenoxy) is 1. The molecule has 30 heavy (non-hydrogen) atoms. The molecule has 1 heterocycles. The molecule has 3 rings (SSSR count). The lowest BCUT2D eigenvalue weighted by Gasteiger charge is -2.34. The quantitative estimate of drug-likeness (QED) is 0.657. The lowest BCUT2D eigenvalue weighted by atomic mass is 10.2. The van der Waals surface area contributed by atoms with Crippen molar-refractivity contribution in [2.24, 2.45) is 0 Å². The van der Waals surface area contributed by atoms with Gasteiger partial charge in [0.2, 0.25) is 10.0 Å². The molecular formula is C22H28N2O4S2. The van der Waals surface area contributed by atoms with E-state index in [4.69, 9.17) is 4.74 Å². The fraction of sp³-hybridized carbons (Fsp3) is 0.409. The van der Waals surface area contributed by atoms with Crippen molar-refractivity contribution in [3.05, 3.63) is 60.2 Å². The summed E-state index contributed by atoms with van der Waals surface area (Å²) < 4.78 is 33.6. The van der Waals surface area contributed by atoms with Crippen LogP contribution in [0.25, 0.3) is 0 Å². The fourth-order valence-electron chi connectivity index (χ4n) is 3.11. The minimum atomic E-state index is -3.69. The summed E-state index contributed by atoms with van der Waals surface area (Å²) in [6, 6.07) is 15.9. The summed E-state index contributed by atoms with van der Waals surface area (Å²) in [4.78, 5) is 12.7. The Balaban J connectivity index is 1.74. The molecule has 1 aliphatic rings. The molecule has 2 aromatic rings. The number of hydrogen-bond donors (Lipinski definition) is 1. The molecule has 0 radical (unpaired) electrons. The van der Waals surface area contributed by atoms with Crippen LogP contribution >= 0.6 is 11.8 Å². The third-order valence-corrected chi connectivity index (χ3v) is 7.48. The van der Waals surface area contributed by atoms with Crippen LogP contribution in [0.1, 0.15) is 26.3 Å². The molecule has 0 aliphatic carbocycles. The molecule has 0 fully saturated rings. The molecule has 0 saturated carbocycles. The average Bonchev–Trinajstić information content (AvgIpc) is 2.70. The molecule has 1 N–H and O–H groups in total. The van der Waals surface area contributed by atoms with E-state index in [1.165, 1.54) is 4.31 Å². The number of amides is 1. The Morgan fingerprint density at radius 3 is 2.50 bits per heavy atom. The Morgan fingerprint density at radius 1 is 1.13 bits per heavy atom. The monoisotopic (exact) mass is 448 g/mol. The molecule has 8 heteroatoms. The molecule has 0 bridgehead atoms. The highest BCUT2D eigenvalue weighted by Crippen LogP contribution is 2.35. The Labute approximate surface area is 183 Å². The van der Waals surface area contributed by atoms with Crippen LogP contribution in [-0.2, 0) is 20.6 Å². The number of nitrogens with zero attached hydrogens (tertiary/aromatic N) is 1. The first-order chi connectivity index (χ1) is 14.2. The lowest BCUT2D eigenvalue weighted by Crippen LogP contribution is -2.51. The maximum absolute atomic E-state index is 13.2. The fourth-order valence-corrected chi connectivity index (χ4v) is 5.51. The molecule has 1 aliphatic heterocycles. The van der Waals surface area contributed by atoms with Crippen LogP contribution in [0.3, 0.4) is 0 Å². The predicted molar refractivity (Wildman–Crippen MR) is 122 cm³/mol. The van der Waals surface area contributed by atoms with E-state index in [0.29, 0.717) is 23.5 Å². The molecule has 162 valence electrons. The van der Waals surface area contributed by atoms with Crippen LogP contribution in [0.15, 0.2) is 54.6 Å². The van der Waals surface area contributed by atoms with Crippen LogP contribution in [0.2, 0.25) is 0 Å². The molecule has 0 saturated heterocycles. The molecule has 6 nitrogen and oxygen atoms in total. The molecule has 0 spiro atoms. The standard InChI is InChI=1S/C22H28N2O4S2/c1-22(2,3)29-14-13-23-21(25)20-15-24(18-11-7-8-12-19(18)28-20)30(26,27)16-17-9-5-4-6-10-17/h4-12,20H,13-16H2,1-3H3,(H,23,25)/t20-/m0/s1. The normalized spacial score (nSPS) is 16.5. The van der Waals surface area contributed by atoms with E-state index in [1.807, 2.05) is 18.2 Å². The molecule has 1 atom stereocenters. The van der Waals surface area contributed by atoms with Crippen molar-refractivity contribution in [2.75, 3.05) is 23.1 Å². The lowest BCUT2D eigenvalue weighted by molar-refractivity contribution is -0.127. The van der Waals surface area contributed by atoms with Crippen molar-refractivity contribution in [3.8, 4) is 5.75 Å². The number of anilines is 1. The molecule has 1 amide bonds. The first-order valence-electron chi connectivity index (χ1n) is 9.87. The third kappa shape index (κ3) is 5.92. The van der Waals surface area contributed by atoms with Gasteiger partial charge in [-0.2, -0.15) is 11.8 Å². The van der Waals surface area contributed by atoms with Gasteiger partial charge in [0.1, 0.15) is 5.75 Å². The van der Waals surface area contributed by atoms with Crippen molar-refractivity contribution in [1.82, 2.24) is 5.32 Å². The Bertz CT molecular complexity index is 972. The van der Waals surface area contributed by atoms with Gasteiger partial charge in [0.05, 0.1) is 18.0 Å². The van der Waals surface area contributed by atoms with E-state index in [0.717, 1.165) is 5.75 Å². The van der Waals surface area contributed by atoms with E-state index >= 15 is 0 Å². The van der Waals surface area contributed by atoms with Gasteiger partial charge < -0.3 is 10.1 Å². The van der Waals surface area contributed by atoms with E-state index in [2.05, 4.69) is 26.1 Å². The summed E-state index contributed by atoms with van der Waals surface area (Å²) in [7, 11) is -3.69. The Kier molecular flexibility index (Phi) is 6.98. The number of thioether (sulfide) groups is 1. The van der Waals surface area contributed by atoms with Crippen LogP contribution in [0.5, 0.6) is 5.75 Å². The van der Waals surface area contributed by atoms with Crippen LogP contribution in [0.4, 0.5) is 5.69 Å². The minimum absolute atomic E-state index is 0.0512. The van der Waals surface area contributed by atoms with Crippen molar-refractivity contribution < 1.29 is 17.9 Å². The van der Waals surface area contributed by atoms with E-state index in [-0.39, 0.29) is 23.0 Å². The molecular weight excluding hydrogens is 420 g/mol. The zero-order valence-electron chi connectivity index (χ0n) is 17.5. The molecule has 2 aromatic carbocycles. The van der Waals surface area contributed by atoms with Crippen LogP contribution < -0.4 is 14.4 Å². The maximum atomic E-state index is 13.2. The van der Waals surface area contributed by atoms with E-state index in [1.54, 1.807) is 48.2 Å². The van der Waals surface area contributed by atoms with Crippen molar-refractivity contribution in [2.45, 2.75) is 37.4 Å².